The fourth-order valence-electron chi connectivity index (χ4n) is 1.97. The molecule has 1 atom stereocenters. The van der Waals surface area contributed by atoms with Gasteiger partial charge in [-0.1, -0.05) is 0 Å². The van der Waals surface area contributed by atoms with E-state index >= 15 is 0 Å². The summed E-state index contributed by atoms with van der Waals surface area (Å²) in [5, 5.41) is 8.66. The van der Waals surface area contributed by atoms with E-state index in [9.17, 15) is 4.57 Å². The molecule has 0 heterocycles. The molecule has 0 saturated carbocycles. The largest absolute Gasteiger partial charge is 0.330 e. The van der Waals surface area contributed by atoms with Crippen molar-refractivity contribution in [1.29, 1.82) is 5.26 Å². The molecule has 0 aromatic carbocycles. The summed E-state index contributed by atoms with van der Waals surface area (Å²) < 4.78 is 35.6. The highest BCUT2D eigenvalue weighted by Crippen LogP contribution is 2.48. The lowest BCUT2D eigenvalue weighted by Gasteiger charge is -2.35. The van der Waals surface area contributed by atoms with Gasteiger partial charge in [-0.25, -0.2) is 4.67 Å². The lowest BCUT2D eigenvalue weighted by Crippen LogP contribution is -2.33. The molecule has 0 fully saturated rings. The molecule has 0 aliphatic rings. The van der Waals surface area contributed by atoms with Gasteiger partial charge in [0.15, 0.2) is 0 Å². The number of rotatable bonds is 13. The van der Waals surface area contributed by atoms with Gasteiger partial charge in [-0.2, -0.15) is 5.26 Å². The molecule has 0 spiro atoms. The summed E-state index contributed by atoms with van der Waals surface area (Å²) in [6.45, 7) is 9.05. The monoisotopic (exact) mass is 368 g/mol. The van der Waals surface area contributed by atoms with Crippen molar-refractivity contribution in [3.8, 4) is 6.07 Å². The van der Waals surface area contributed by atoms with Crippen LogP contribution in [-0.4, -0.2) is 50.3 Å². The molecule has 0 aliphatic heterocycles. The molecule has 9 heteroatoms. The third-order valence-electron chi connectivity index (χ3n) is 3.00. The zero-order chi connectivity index (χ0) is 17.9. The Kier molecular flexibility index (Phi) is 12.3. The predicted molar refractivity (Wildman–Crippen MR) is 92.3 cm³/mol. The van der Waals surface area contributed by atoms with Crippen molar-refractivity contribution in [3.05, 3.63) is 0 Å². The molecular formula is C14H30N2O5P2. The average Bonchev–Trinajstić information content (AvgIpc) is 2.50. The summed E-state index contributed by atoms with van der Waals surface area (Å²) in [5.41, 5.74) is 0. The van der Waals surface area contributed by atoms with Crippen molar-refractivity contribution in [2.24, 2.45) is 0 Å². The van der Waals surface area contributed by atoms with Crippen LogP contribution in [0.2, 0.25) is 0 Å². The van der Waals surface area contributed by atoms with Crippen LogP contribution in [-0.2, 0) is 22.7 Å². The summed E-state index contributed by atoms with van der Waals surface area (Å²) in [6, 6.07) is 2.58. The predicted octanol–water partition coefficient (Wildman–Crippen LogP) is 4.15. The zero-order valence-corrected chi connectivity index (χ0v) is 16.8. The van der Waals surface area contributed by atoms with E-state index in [4.69, 9.17) is 23.4 Å². The van der Waals surface area contributed by atoms with Crippen molar-refractivity contribution >= 4 is 16.1 Å². The van der Waals surface area contributed by atoms with Gasteiger partial charge in [0.05, 0.1) is 31.9 Å². The van der Waals surface area contributed by atoms with Crippen molar-refractivity contribution in [2.75, 3.05) is 33.6 Å². The van der Waals surface area contributed by atoms with E-state index in [0.29, 0.717) is 32.2 Å². The highest BCUT2D eigenvalue weighted by molar-refractivity contribution is 7.53. The summed E-state index contributed by atoms with van der Waals surface area (Å²) in [4.78, 5) is 0. The molecule has 0 aliphatic carbocycles. The summed E-state index contributed by atoms with van der Waals surface area (Å²) in [7, 11) is -1.50. The van der Waals surface area contributed by atoms with Crippen LogP contribution < -0.4 is 0 Å². The minimum absolute atomic E-state index is 0.257. The lowest BCUT2D eigenvalue weighted by atomic mass is 10.3. The Morgan fingerprint density at radius 1 is 1.09 bits per heavy atom. The van der Waals surface area contributed by atoms with Gasteiger partial charge >= 0.3 is 7.60 Å². The number of nitrogens with zero attached hydrogens (tertiary/aromatic N) is 2. The molecule has 0 aromatic heterocycles. The van der Waals surface area contributed by atoms with E-state index in [1.54, 1.807) is 0 Å². The van der Waals surface area contributed by atoms with E-state index < -0.39 is 16.1 Å². The van der Waals surface area contributed by atoms with Gasteiger partial charge in [0, 0.05) is 26.3 Å². The van der Waals surface area contributed by atoms with Gasteiger partial charge in [0.1, 0.15) is 0 Å². The van der Waals surface area contributed by atoms with Crippen LogP contribution in [0.4, 0.5) is 0 Å². The second-order valence-electron chi connectivity index (χ2n) is 5.43. The Labute approximate surface area is 141 Å². The van der Waals surface area contributed by atoms with Crippen LogP contribution in [0.5, 0.6) is 0 Å². The molecule has 0 radical (unpaired) electrons. The van der Waals surface area contributed by atoms with Crippen LogP contribution in [0.3, 0.4) is 0 Å². The van der Waals surface area contributed by atoms with Crippen molar-refractivity contribution < 1.29 is 22.7 Å². The van der Waals surface area contributed by atoms with Gasteiger partial charge in [-0.05, 0) is 34.1 Å². The third kappa shape index (κ3) is 9.12. The second-order valence-corrected chi connectivity index (χ2v) is 9.29. The Morgan fingerprint density at radius 2 is 1.61 bits per heavy atom. The smallest absolute Gasteiger partial charge is 0.322 e. The molecule has 0 bridgehead atoms. The minimum atomic E-state index is -3.00. The average molecular weight is 368 g/mol. The molecule has 1 unspecified atom stereocenters. The Bertz CT molecular complexity index is 385. The van der Waals surface area contributed by atoms with Crippen LogP contribution in [0.25, 0.3) is 0 Å². The highest BCUT2D eigenvalue weighted by Gasteiger charge is 2.27. The van der Waals surface area contributed by atoms with Gasteiger partial charge in [-0.15, -0.1) is 0 Å². The van der Waals surface area contributed by atoms with Gasteiger partial charge in [0.2, 0.25) is 0 Å². The Hall–Kier alpha value is -0.0500. The molecule has 136 valence electrons. The Morgan fingerprint density at radius 3 is 2.04 bits per heavy atom. The maximum Gasteiger partial charge on any atom is 0.330 e. The van der Waals surface area contributed by atoms with E-state index in [0.717, 1.165) is 0 Å². The SMILES string of the molecule is COP(=O)(CCCOP(OCCC#N)N(C(C)C)C(C)C)OC. The standard InChI is InChI=1S/C14H30N2O5P2/c1-13(2)16(14(3)4)22(20-10-7-9-15)21-11-8-12-23(17,18-5)19-6/h13-14H,7-8,10-12H2,1-6H3. The molecule has 0 N–H and O–H groups in total. The number of hydrogen-bond donors (Lipinski definition) is 0. The summed E-state index contributed by atoms with van der Waals surface area (Å²) in [5.74, 6) is 0. The maximum absolute atomic E-state index is 12.0. The highest BCUT2D eigenvalue weighted by atomic mass is 31.2. The van der Waals surface area contributed by atoms with Crippen molar-refractivity contribution in [2.45, 2.75) is 52.6 Å². The first-order valence-corrected chi connectivity index (χ1v) is 10.6. The fraction of sp³-hybridized carbons (Fsp3) is 0.929. The molecule has 23 heavy (non-hydrogen) atoms. The van der Waals surface area contributed by atoms with Crippen molar-refractivity contribution in [1.82, 2.24) is 4.67 Å². The van der Waals surface area contributed by atoms with Crippen LogP contribution in [0.15, 0.2) is 0 Å². The number of hydrogen-bond acceptors (Lipinski definition) is 7. The van der Waals surface area contributed by atoms with Gasteiger partial charge in [-0.3, -0.25) is 4.57 Å². The lowest BCUT2D eigenvalue weighted by molar-refractivity contribution is 0.175. The Balaban J connectivity index is 4.58. The van der Waals surface area contributed by atoms with Crippen LogP contribution in [0.1, 0.15) is 40.5 Å². The minimum Gasteiger partial charge on any atom is -0.322 e. The third-order valence-corrected chi connectivity index (χ3v) is 7.08. The quantitative estimate of drug-likeness (QED) is 0.357. The van der Waals surface area contributed by atoms with E-state index in [1.807, 2.05) is 0 Å². The first kappa shape index (κ1) is 22.9. The van der Waals surface area contributed by atoms with Gasteiger partial charge in [0.25, 0.3) is 8.53 Å². The van der Waals surface area contributed by atoms with Crippen molar-refractivity contribution in [3.63, 3.8) is 0 Å². The van der Waals surface area contributed by atoms with Crippen LogP contribution in [0, 0.1) is 11.3 Å². The van der Waals surface area contributed by atoms with E-state index in [2.05, 4.69) is 38.4 Å². The second kappa shape index (κ2) is 12.3. The topological polar surface area (TPSA) is 81.0 Å². The summed E-state index contributed by atoms with van der Waals surface area (Å²) >= 11 is 0. The van der Waals surface area contributed by atoms with E-state index in [1.165, 1.54) is 14.2 Å². The maximum atomic E-state index is 12.0. The van der Waals surface area contributed by atoms with E-state index in [-0.39, 0.29) is 12.1 Å². The first-order valence-electron chi connectivity index (χ1n) is 7.73. The fourth-order valence-corrected chi connectivity index (χ4v) is 4.63. The first-order chi connectivity index (χ1) is 10.8. The molecule has 0 amide bonds. The molecule has 7 nitrogen and oxygen atoms in total. The van der Waals surface area contributed by atoms with Gasteiger partial charge < -0.3 is 18.1 Å². The number of nitriles is 1. The molecular weight excluding hydrogens is 338 g/mol. The molecule has 0 rings (SSSR count). The molecule has 0 saturated heterocycles. The normalized spacial score (nSPS) is 13.7. The van der Waals surface area contributed by atoms with Crippen LogP contribution >= 0.6 is 16.1 Å². The molecule has 0 aromatic rings. The summed E-state index contributed by atoms with van der Waals surface area (Å²) in [6.07, 6.45) is 1.17. The zero-order valence-electron chi connectivity index (χ0n) is 15.0.